The summed E-state index contributed by atoms with van der Waals surface area (Å²) < 4.78 is 13.3. The summed E-state index contributed by atoms with van der Waals surface area (Å²) in [6.45, 7) is 2.84. The van der Waals surface area contributed by atoms with Crippen molar-refractivity contribution in [1.82, 2.24) is 10.4 Å². The van der Waals surface area contributed by atoms with E-state index in [9.17, 15) is 9.59 Å². The monoisotopic (exact) mass is 674 g/mol. The van der Waals surface area contributed by atoms with E-state index < -0.39 is 0 Å². The van der Waals surface area contributed by atoms with Crippen molar-refractivity contribution in [3.8, 4) is 11.5 Å². The van der Waals surface area contributed by atoms with Crippen molar-refractivity contribution in [3.63, 3.8) is 0 Å². The number of thioether (sulfide) groups is 1. The molecule has 9 heteroatoms. The zero-order valence-electron chi connectivity index (χ0n) is 21.8. The summed E-state index contributed by atoms with van der Waals surface area (Å²) >= 11 is 8.98. The van der Waals surface area contributed by atoms with E-state index in [2.05, 4.69) is 28.0 Å². The van der Waals surface area contributed by atoms with Crippen LogP contribution in [0, 0.1) is 26.7 Å². The van der Waals surface area contributed by atoms with Crippen molar-refractivity contribution in [2.75, 3.05) is 6.61 Å². The Morgan fingerprint density at radius 2 is 1.79 bits per heavy atom. The Hall–Kier alpha value is -2.11. The molecule has 6 nitrogen and oxygen atoms in total. The van der Waals surface area contributed by atoms with Gasteiger partial charge in [0.15, 0.2) is 15.8 Å². The average molecular weight is 675 g/mol. The Labute approximate surface area is 252 Å². The molecule has 39 heavy (non-hydrogen) atoms. The average Bonchev–Trinajstić information content (AvgIpc) is 3.15. The number of halogens is 1. The molecule has 1 N–H and O–H groups in total. The van der Waals surface area contributed by atoms with Crippen LogP contribution in [0.4, 0.5) is 0 Å². The minimum absolute atomic E-state index is 0.0350. The standard InChI is InChI=1S/C30H31IN2O4S2/c1-2-36-24-12-19(11-23(31)26(24)37-17-18-6-4-3-5-7-18)13-25-27(34)33(29(38)39-25)32-28(35)30-14-20-8-21(15-30)10-22(9-20)16-30/h3-7,11-13,20-22H,2,8-10,14-17H2,1H3,(H,32,35)/b25-13+. The second-order valence-electron chi connectivity index (χ2n) is 11.2. The van der Waals surface area contributed by atoms with E-state index in [4.69, 9.17) is 21.7 Å². The van der Waals surface area contributed by atoms with E-state index in [-0.39, 0.29) is 17.2 Å². The van der Waals surface area contributed by atoms with Gasteiger partial charge in [-0.1, -0.05) is 42.1 Å². The molecule has 5 aliphatic rings. The maximum Gasteiger partial charge on any atom is 0.285 e. The minimum Gasteiger partial charge on any atom is -0.490 e. The zero-order valence-corrected chi connectivity index (χ0v) is 25.6. The van der Waals surface area contributed by atoms with Gasteiger partial charge in [-0.25, -0.2) is 0 Å². The van der Waals surface area contributed by atoms with Gasteiger partial charge in [0.25, 0.3) is 5.91 Å². The second kappa shape index (κ2) is 11.0. The molecule has 0 spiro atoms. The van der Waals surface area contributed by atoms with Gasteiger partial charge in [0.05, 0.1) is 20.5 Å². The van der Waals surface area contributed by atoms with Crippen LogP contribution < -0.4 is 14.9 Å². The summed E-state index contributed by atoms with van der Waals surface area (Å²) in [5.41, 5.74) is 4.46. The quantitative estimate of drug-likeness (QED) is 0.191. The van der Waals surface area contributed by atoms with Crippen LogP contribution in [-0.4, -0.2) is 27.8 Å². The molecular weight excluding hydrogens is 643 g/mol. The van der Waals surface area contributed by atoms with Crippen LogP contribution in [-0.2, 0) is 16.2 Å². The molecule has 204 valence electrons. The van der Waals surface area contributed by atoms with Crippen molar-refractivity contribution in [2.45, 2.75) is 52.1 Å². The molecule has 0 radical (unpaired) electrons. The molecule has 1 aliphatic heterocycles. The maximum absolute atomic E-state index is 13.5. The van der Waals surface area contributed by atoms with Crippen LogP contribution in [0.1, 0.15) is 56.6 Å². The van der Waals surface area contributed by atoms with E-state index in [0.29, 0.717) is 51.7 Å². The molecule has 5 fully saturated rings. The Balaban J connectivity index is 1.18. The van der Waals surface area contributed by atoms with Gasteiger partial charge >= 0.3 is 0 Å². The van der Waals surface area contributed by atoms with Gasteiger partial charge < -0.3 is 9.47 Å². The highest BCUT2D eigenvalue weighted by Gasteiger charge is 2.55. The molecule has 7 rings (SSSR count). The number of carbonyl (C=O) groups is 2. The number of rotatable bonds is 8. The Morgan fingerprint density at radius 3 is 2.44 bits per heavy atom. The first-order valence-electron chi connectivity index (χ1n) is 13.6. The summed E-state index contributed by atoms with van der Waals surface area (Å²) in [7, 11) is 0. The molecule has 4 aliphatic carbocycles. The largest absolute Gasteiger partial charge is 0.490 e. The Kier molecular flexibility index (Phi) is 7.67. The third-order valence-electron chi connectivity index (χ3n) is 8.38. The number of nitrogens with one attached hydrogen (secondary N) is 1. The van der Waals surface area contributed by atoms with Crippen molar-refractivity contribution >= 4 is 68.8 Å². The van der Waals surface area contributed by atoms with Gasteiger partial charge in [-0.3, -0.25) is 15.0 Å². The number of benzene rings is 2. The molecule has 1 heterocycles. The summed E-state index contributed by atoms with van der Waals surface area (Å²) in [5.74, 6) is 2.91. The molecule has 2 aromatic rings. The SMILES string of the molecule is CCOc1cc(/C=C2/SC(=S)N(NC(=O)C34CC5CC(CC(C5)C3)C4)C2=O)cc(I)c1OCc1ccccc1. The number of thiocarbonyl (C=S) groups is 1. The summed E-state index contributed by atoms with van der Waals surface area (Å²) in [6.07, 6.45) is 8.40. The summed E-state index contributed by atoms with van der Waals surface area (Å²) in [4.78, 5) is 27.4. The van der Waals surface area contributed by atoms with Gasteiger partial charge in [0.1, 0.15) is 6.61 Å². The first kappa shape index (κ1) is 27.1. The maximum atomic E-state index is 13.5. The predicted molar refractivity (Wildman–Crippen MR) is 165 cm³/mol. The number of hydrazine groups is 1. The minimum atomic E-state index is -0.347. The van der Waals surface area contributed by atoms with E-state index in [1.165, 1.54) is 36.0 Å². The second-order valence-corrected chi connectivity index (χ2v) is 14.0. The highest BCUT2D eigenvalue weighted by molar-refractivity contribution is 14.1. The lowest BCUT2D eigenvalue weighted by Gasteiger charge is -2.55. The van der Waals surface area contributed by atoms with Crippen LogP contribution in [0.25, 0.3) is 6.08 Å². The van der Waals surface area contributed by atoms with Crippen LogP contribution in [0.3, 0.4) is 0 Å². The van der Waals surface area contributed by atoms with Gasteiger partial charge in [-0.15, -0.1) is 0 Å². The Morgan fingerprint density at radius 1 is 1.13 bits per heavy atom. The van der Waals surface area contributed by atoms with Gasteiger partial charge in [-0.05, 0) is 127 Å². The van der Waals surface area contributed by atoms with Crippen LogP contribution in [0.2, 0.25) is 0 Å². The fraction of sp³-hybridized carbons (Fsp3) is 0.433. The summed E-state index contributed by atoms with van der Waals surface area (Å²) in [5, 5.41) is 1.28. The van der Waals surface area contributed by atoms with E-state index in [1.807, 2.05) is 55.5 Å². The molecule has 0 unspecified atom stereocenters. The molecule has 2 amide bonds. The highest BCUT2D eigenvalue weighted by Crippen LogP contribution is 2.60. The van der Waals surface area contributed by atoms with Crippen LogP contribution in [0.5, 0.6) is 11.5 Å². The lowest BCUT2D eigenvalue weighted by molar-refractivity contribution is -0.152. The third kappa shape index (κ3) is 5.46. The van der Waals surface area contributed by atoms with Crippen molar-refractivity contribution in [3.05, 3.63) is 62.1 Å². The Bertz CT molecular complexity index is 1310. The van der Waals surface area contributed by atoms with Crippen molar-refractivity contribution in [2.24, 2.45) is 23.2 Å². The lowest BCUT2D eigenvalue weighted by atomic mass is 9.49. The van der Waals surface area contributed by atoms with Gasteiger partial charge in [0, 0.05) is 0 Å². The van der Waals surface area contributed by atoms with Crippen molar-refractivity contribution < 1.29 is 19.1 Å². The first-order chi connectivity index (χ1) is 18.8. The fourth-order valence-electron chi connectivity index (χ4n) is 7.13. The predicted octanol–water partition coefficient (Wildman–Crippen LogP) is 6.72. The zero-order chi connectivity index (χ0) is 27.1. The van der Waals surface area contributed by atoms with Gasteiger partial charge in [0.2, 0.25) is 5.91 Å². The molecule has 0 atom stereocenters. The first-order valence-corrected chi connectivity index (χ1v) is 15.9. The fourth-order valence-corrected chi connectivity index (χ4v) is 9.09. The number of nitrogens with zero attached hydrogens (tertiary/aromatic N) is 1. The number of ether oxygens (including phenoxy) is 2. The normalized spacial score (nSPS) is 28.3. The van der Waals surface area contributed by atoms with Gasteiger partial charge in [-0.2, -0.15) is 5.01 Å². The molecule has 2 aromatic carbocycles. The van der Waals surface area contributed by atoms with E-state index >= 15 is 0 Å². The van der Waals surface area contributed by atoms with E-state index in [0.717, 1.165) is 34.0 Å². The number of carbonyl (C=O) groups excluding carboxylic acids is 2. The molecule has 4 saturated carbocycles. The number of hydrogen-bond acceptors (Lipinski definition) is 6. The summed E-state index contributed by atoms with van der Waals surface area (Å²) in [6, 6.07) is 13.8. The molecule has 4 bridgehead atoms. The number of amides is 2. The molecular formula is C30H31IN2O4S2. The van der Waals surface area contributed by atoms with Crippen LogP contribution in [0.15, 0.2) is 47.4 Å². The lowest BCUT2D eigenvalue weighted by Crippen LogP contribution is -2.57. The van der Waals surface area contributed by atoms with Crippen molar-refractivity contribution in [1.29, 1.82) is 0 Å². The number of hydrogen-bond donors (Lipinski definition) is 1. The smallest absolute Gasteiger partial charge is 0.285 e. The molecule has 1 saturated heterocycles. The van der Waals surface area contributed by atoms with Crippen LogP contribution >= 0.6 is 46.6 Å². The van der Waals surface area contributed by atoms with E-state index in [1.54, 1.807) is 0 Å². The molecule has 0 aromatic heterocycles. The third-order valence-corrected chi connectivity index (χ3v) is 10.5. The topological polar surface area (TPSA) is 67.9 Å². The highest BCUT2D eigenvalue weighted by atomic mass is 127.